The number of hydrogen-bond donors (Lipinski definition) is 2. The normalized spacial score (nSPS) is 19.0. The van der Waals surface area contributed by atoms with Crippen LogP contribution in [0.4, 0.5) is 11.5 Å². The van der Waals surface area contributed by atoms with Crippen molar-refractivity contribution in [3.8, 4) is 0 Å². The van der Waals surface area contributed by atoms with Gasteiger partial charge in [-0.2, -0.15) is 4.98 Å². The minimum atomic E-state index is -0.351. The van der Waals surface area contributed by atoms with Crippen molar-refractivity contribution >= 4 is 28.4 Å². The number of fused-ring (bicyclic) bond motifs is 1. The maximum Gasteiger partial charge on any atom is 0.360 e. The summed E-state index contributed by atoms with van der Waals surface area (Å²) in [6.45, 7) is 3.68. The van der Waals surface area contributed by atoms with Gasteiger partial charge in [0.1, 0.15) is 23.3 Å². The standard InChI is InChI=1S/C23H28N6O4/c1-23(9-10-23)28-21-18(20(24)25-14-26-21)19(29(28)33-13-17-4-3-11-32-17)22(30)27-16-7-5-15(6-8-16)12-31-2/h5-8,14,17,24H,3-4,9-13H2,1-2H3,(H,27,30)/p+1/t17-/m0/s1. The average Bonchev–Trinajstić information content (AvgIpc) is 3.21. The second-order valence-electron chi connectivity index (χ2n) is 8.90. The molecule has 2 fully saturated rings. The highest BCUT2D eigenvalue weighted by Crippen LogP contribution is 2.39. The largest absolute Gasteiger partial charge is 0.383 e. The Labute approximate surface area is 191 Å². The summed E-state index contributed by atoms with van der Waals surface area (Å²) in [6, 6.07) is 7.50. The molecule has 174 valence electrons. The maximum atomic E-state index is 13.6. The van der Waals surface area contributed by atoms with Crippen molar-refractivity contribution in [1.29, 1.82) is 0 Å². The van der Waals surface area contributed by atoms with Crippen LogP contribution in [-0.2, 0) is 21.6 Å². The Morgan fingerprint density at radius 1 is 1.33 bits per heavy atom. The lowest BCUT2D eigenvalue weighted by molar-refractivity contribution is -0.812. The van der Waals surface area contributed by atoms with Crippen LogP contribution < -0.4 is 20.6 Å². The first-order valence-electron chi connectivity index (χ1n) is 11.2. The molecule has 10 nitrogen and oxygen atoms in total. The van der Waals surface area contributed by atoms with E-state index < -0.39 is 0 Å². The molecule has 1 amide bonds. The highest BCUT2D eigenvalue weighted by molar-refractivity contribution is 6.12. The number of carbonyl (C=O) groups is 1. The third kappa shape index (κ3) is 4.11. The van der Waals surface area contributed by atoms with Crippen LogP contribution in [0.1, 0.15) is 48.7 Å². The molecule has 0 radical (unpaired) electrons. The number of rotatable bonds is 8. The summed E-state index contributed by atoms with van der Waals surface area (Å²) in [4.78, 5) is 30.0. The zero-order valence-electron chi connectivity index (χ0n) is 18.9. The van der Waals surface area contributed by atoms with Gasteiger partial charge in [0.05, 0.1) is 12.7 Å². The van der Waals surface area contributed by atoms with E-state index in [1.807, 2.05) is 28.9 Å². The second kappa shape index (κ2) is 8.60. The van der Waals surface area contributed by atoms with Gasteiger partial charge >= 0.3 is 5.65 Å². The second-order valence-corrected chi connectivity index (χ2v) is 8.90. The molecular weight excluding hydrogens is 424 g/mol. The fraction of sp³-hybridized carbons (Fsp3) is 0.478. The van der Waals surface area contributed by atoms with Crippen LogP contribution in [-0.4, -0.2) is 47.1 Å². The zero-order valence-corrected chi connectivity index (χ0v) is 18.9. The van der Waals surface area contributed by atoms with E-state index in [0.29, 0.717) is 29.9 Å². The van der Waals surface area contributed by atoms with Crippen LogP contribution in [0.3, 0.4) is 0 Å². The van der Waals surface area contributed by atoms with Gasteiger partial charge in [-0.15, -0.1) is 4.68 Å². The number of hydrogen-bond acceptors (Lipinski definition) is 7. The molecule has 1 atom stereocenters. The van der Waals surface area contributed by atoms with E-state index in [-0.39, 0.29) is 29.1 Å². The Balaban J connectivity index is 1.55. The number of aromatic nitrogens is 4. The molecule has 0 spiro atoms. The van der Waals surface area contributed by atoms with Crippen molar-refractivity contribution in [1.82, 2.24) is 14.8 Å². The first-order chi connectivity index (χ1) is 16.0. The van der Waals surface area contributed by atoms with Gasteiger partial charge in [-0.05, 0) is 60.1 Å². The Morgan fingerprint density at radius 2 is 2.12 bits per heavy atom. The summed E-state index contributed by atoms with van der Waals surface area (Å²) in [6.07, 6.45) is 5.24. The van der Waals surface area contributed by atoms with E-state index in [2.05, 4.69) is 22.2 Å². The molecule has 3 aromatic rings. The number of nitrogen functional groups attached to an aromatic ring is 1. The molecule has 1 saturated heterocycles. The van der Waals surface area contributed by atoms with Crippen LogP contribution in [0.25, 0.3) is 11.0 Å². The Morgan fingerprint density at radius 3 is 2.79 bits per heavy atom. The predicted molar refractivity (Wildman–Crippen MR) is 121 cm³/mol. The van der Waals surface area contributed by atoms with Crippen molar-refractivity contribution in [2.75, 3.05) is 31.4 Å². The van der Waals surface area contributed by atoms with Crippen LogP contribution in [0.5, 0.6) is 0 Å². The molecule has 3 heterocycles. The Kier molecular flexibility index (Phi) is 5.63. The minimum Gasteiger partial charge on any atom is -0.383 e. The van der Waals surface area contributed by atoms with Gasteiger partial charge in [-0.3, -0.25) is 4.79 Å². The van der Waals surface area contributed by atoms with Crippen molar-refractivity contribution in [2.24, 2.45) is 0 Å². The van der Waals surface area contributed by atoms with Gasteiger partial charge in [0.25, 0.3) is 5.91 Å². The summed E-state index contributed by atoms with van der Waals surface area (Å²) in [7, 11) is 1.65. The number of amides is 1. The van der Waals surface area contributed by atoms with Crippen LogP contribution in [0.2, 0.25) is 0 Å². The van der Waals surface area contributed by atoms with Crippen LogP contribution in [0, 0.1) is 0 Å². The molecule has 0 unspecified atom stereocenters. The van der Waals surface area contributed by atoms with Gasteiger partial charge in [-0.25, -0.2) is 0 Å². The number of benzene rings is 1. The number of carbonyl (C=O) groups excluding carboxylic acids is 1. The molecule has 2 aliphatic rings. The number of nitrogens with zero attached hydrogens (tertiary/aromatic N) is 4. The minimum absolute atomic E-state index is 0.0105. The lowest BCUT2D eigenvalue weighted by Crippen LogP contribution is -2.56. The van der Waals surface area contributed by atoms with E-state index >= 15 is 0 Å². The number of anilines is 2. The molecule has 1 aliphatic carbocycles. The van der Waals surface area contributed by atoms with E-state index in [0.717, 1.165) is 37.9 Å². The monoisotopic (exact) mass is 453 g/mol. The molecule has 1 saturated carbocycles. The fourth-order valence-electron chi connectivity index (χ4n) is 4.22. The first kappa shape index (κ1) is 21.6. The first-order valence-corrected chi connectivity index (χ1v) is 11.2. The quantitative estimate of drug-likeness (QED) is 0.500. The van der Waals surface area contributed by atoms with Crippen molar-refractivity contribution in [3.05, 3.63) is 41.9 Å². The van der Waals surface area contributed by atoms with Gasteiger partial charge in [-0.1, -0.05) is 12.1 Å². The summed E-state index contributed by atoms with van der Waals surface area (Å²) < 4.78 is 12.8. The zero-order chi connectivity index (χ0) is 23.0. The highest BCUT2D eigenvalue weighted by atomic mass is 16.7. The molecule has 3 N–H and O–H groups in total. The highest BCUT2D eigenvalue weighted by Gasteiger charge is 2.51. The van der Waals surface area contributed by atoms with E-state index in [1.54, 1.807) is 12.0 Å². The lowest BCUT2D eigenvalue weighted by atomic mass is 10.2. The molecule has 1 aliphatic heterocycles. The lowest BCUT2D eigenvalue weighted by Gasteiger charge is -2.16. The fourth-order valence-corrected chi connectivity index (χ4v) is 4.22. The summed E-state index contributed by atoms with van der Waals surface area (Å²) in [5.41, 5.74) is 8.56. The third-order valence-corrected chi connectivity index (χ3v) is 6.30. The van der Waals surface area contributed by atoms with E-state index in [9.17, 15) is 4.79 Å². The summed E-state index contributed by atoms with van der Waals surface area (Å²) >= 11 is 0. The predicted octanol–water partition coefficient (Wildman–Crippen LogP) is 1.82. The van der Waals surface area contributed by atoms with Gasteiger partial charge in [0.15, 0.2) is 0 Å². The van der Waals surface area contributed by atoms with Gasteiger partial charge < -0.3 is 25.4 Å². The number of methoxy groups -OCH3 is 1. The van der Waals surface area contributed by atoms with Gasteiger partial charge in [0, 0.05) is 19.4 Å². The Hall–Kier alpha value is -3.24. The van der Waals surface area contributed by atoms with Crippen molar-refractivity contribution in [2.45, 2.75) is 50.9 Å². The van der Waals surface area contributed by atoms with Crippen molar-refractivity contribution < 1.29 is 23.8 Å². The van der Waals surface area contributed by atoms with Crippen LogP contribution in [0.15, 0.2) is 30.6 Å². The Bertz CT molecular complexity index is 1170. The number of nitrogens with two attached hydrogens (primary N) is 1. The molecule has 1 aromatic carbocycles. The topological polar surface area (TPSA) is 117 Å². The molecule has 5 rings (SSSR count). The smallest absolute Gasteiger partial charge is 0.360 e. The molecular formula is C23H29N6O4+. The summed E-state index contributed by atoms with van der Waals surface area (Å²) in [5.74, 6) is -0.116. The SMILES string of the molecule is COCc1ccc(NC(=O)c2c3c(N)ncnc3[n+](C3(C)CC3)n2OC[C@@H]2CCCO2)cc1. The molecule has 33 heavy (non-hydrogen) atoms. The van der Waals surface area contributed by atoms with E-state index in [1.165, 1.54) is 6.33 Å². The summed E-state index contributed by atoms with van der Waals surface area (Å²) in [5, 5.41) is 3.44. The number of nitrogens with one attached hydrogen (secondary N) is 1. The third-order valence-electron chi connectivity index (χ3n) is 6.30. The van der Waals surface area contributed by atoms with E-state index in [4.69, 9.17) is 20.0 Å². The molecule has 0 bridgehead atoms. The molecule has 10 heteroatoms. The van der Waals surface area contributed by atoms with Crippen LogP contribution >= 0.6 is 0 Å². The maximum absolute atomic E-state index is 13.6. The molecule has 2 aromatic heterocycles. The number of ether oxygens (including phenoxy) is 2. The van der Waals surface area contributed by atoms with Gasteiger partial charge in [0.2, 0.25) is 12.0 Å². The average molecular weight is 454 g/mol. The van der Waals surface area contributed by atoms with Crippen molar-refractivity contribution in [3.63, 3.8) is 0 Å².